The van der Waals surface area contributed by atoms with Crippen molar-refractivity contribution < 1.29 is 19.0 Å². The molecule has 1 amide bonds. The average Bonchev–Trinajstić information content (AvgIpc) is 3.03. The number of thioether (sulfide) groups is 1. The van der Waals surface area contributed by atoms with Crippen LogP contribution in [-0.4, -0.2) is 47.6 Å². The normalized spacial score (nSPS) is 16.7. The third-order valence-corrected chi connectivity index (χ3v) is 5.22. The minimum absolute atomic E-state index is 0.0450. The lowest BCUT2D eigenvalue weighted by molar-refractivity contribution is -0.128. The summed E-state index contributed by atoms with van der Waals surface area (Å²) in [5, 5.41) is 8.00. The van der Waals surface area contributed by atoms with Crippen LogP contribution in [0.1, 0.15) is 23.6 Å². The number of nitrogens with zero attached hydrogens (tertiary/aromatic N) is 3. The van der Waals surface area contributed by atoms with E-state index in [-0.39, 0.29) is 11.3 Å². The molecule has 0 spiro atoms. The fraction of sp³-hybridized carbons (Fsp3) is 0.389. The second-order valence-electron chi connectivity index (χ2n) is 5.56. The van der Waals surface area contributed by atoms with E-state index in [1.54, 1.807) is 36.9 Å². The predicted molar refractivity (Wildman–Crippen MR) is 98.5 cm³/mol. The fourth-order valence-corrected chi connectivity index (χ4v) is 4.06. The van der Waals surface area contributed by atoms with Crippen molar-refractivity contribution in [3.05, 3.63) is 41.6 Å². The number of ether oxygens (including phenoxy) is 3. The molecule has 0 N–H and O–H groups in total. The van der Waals surface area contributed by atoms with Crippen LogP contribution in [-0.2, 0) is 11.3 Å². The smallest absolute Gasteiger partial charge is 0.234 e. The van der Waals surface area contributed by atoms with E-state index in [9.17, 15) is 4.79 Å². The highest BCUT2D eigenvalue weighted by atomic mass is 32.2. The average molecular weight is 375 g/mol. The maximum absolute atomic E-state index is 12.5. The van der Waals surface area contributed by atoms with Crippen LogP contribution in [0.25, 0.3) is 0 Å². The highest BCUT2D eigenvalue weighted by Gasteiger charge is 2.36. The molecule has 8 heteroatoms. The van der Waals surface area contributed by atoms with Gasteiger partial charge in [-0.2, -0.15) is 5.10 Å². The molecule has 1 saturated heterocycles. The highest BCUT2D eigenvalue weighted by Crippen LogP contribution is 2.47. The van der Waals surface area contributed by atoms with Gasteiger partial charge >= 0.3 is 0 Å². The van der Waals surface area contributed by atoms with Gasteiger partial charge in [0.15, 0.2) is 0 Å². The summed E-state index contributed by atoms with van der Waals surface area (Å²) in [6.07, 6.45) is 0. The van der Waals surface area contributed by atoms with Crippen molar-refractivity contribution in [2.45, 2.75) is 18.8 Å². The Morgan fingerprint density at radius 2 is 1.88 bits per heavy atom. The van der Waals surface area contributed by atoms with Crippen LogP contribution >= 0.6 is 11.8 Å². The van der Waals surface area contributed by atoms with E-state index in [4.69, 9.17) is 14.2 Å². The van der Waals surface area contributed by atoms with Crippen molar-refractivity contribution in [3.63, 3.8) is 0 Å². The third kappa shape index (κ3) is 3.70. The molecule has 1 unspecified atom stereocenters. The highest BCUT2D eigenvalue weighted by molar-refractivity contribution is 8.00. The zero-order valence-electron chi connectivity index (χ0n) is 15.0. The summed E-state index contributed by atoms with van der Waals surface area (Å²) in [5.74, 6) is 2.31. The Hall–Kier alpha value is -2.48. The number of aromatic nitrogens is 2. The molecule has 0 bridgehead atoms. The van der Waals surface area contributed by atoms with Crippen molar-refractivity contribution >= 4 is 17.7 Å². The van der Waals surface area contributed by atoms with Gasteiger partial charge in [0.1, 0.15) is 16.9 Å². The van der Waals surface area contributed by atoms with Crippen LogP contribution in [0.5, 0.6) is 17.4 Å². The summed E-state index contributed by atoms with van der Waals surface area (Å²) >= 11 is 1.54. The van der Waals surface area contributed by atoms with Gasteiger partial charge in [0.2, 0.25) is 11.8 Å². The van der Waals surface area contributed by atoms with E-state index in [2.05, 4.69) is 10.2 Å². The number of amides is 1. The van der Waals surface area contributed by atoms with Crippen LogP contribution in [0.15, 0.2) is 30.3 Å². The second kappa shape index (κ2) is 8.27. The molecule has 0 aliphatic carbocycles. The molecule has 1 atom stereocenters. The molecule has 7 nitrogen and oxygen atoms in total. The Morgan fingerprint density at radius 1 is 1.15 bits per heavy atom. The second-order valence-corrected chi connectivity index (χ2v) is 6.63. The number of methoxy groups -OCH3 is 2. The molecule has 26 heavy (non-hydrogen) atoms. The molecule has 0 saturated carbocycles. The van der Waals surface area contributed by atoms with Crippen molar-refractivity contribution in [2.75, 3.05) is 26.6 Å². The first kappa shape index (κ1) is 18.3. The Kier molecular flexibility index (Phi) is 5.82. The summed E-state index contributed by atoms with van der Waals surface area (Å²) in [7, 11) is 3.23. The van der Waals surface area contributed by atoms with E-state index < -0.39 is 0 Å². The number of carbonyl (C=O) groups excluding carboxylic acids is 1. The largest absolute Gasteiger partial charge is 0.496 e. The van der Waals surface area contributed by atoms with Crippen molar-refractivity contribution in [3.8, 4) is 17.4 Å². The van der Waals surface area contributed by atoms with Crippen molar-refractivity contribution in [1.29, 1.82) is 0 Å². The lowest BCUT2D eigenvalue weighted by Crippen LogP contribution is -2.28. The molecular weight excluding hydrogens is 354 g/mol. The molecule has 1 aromatic carbocycles. The summed E-state index contributed by atoms with van der Waals surface area (Å²) in [6.45, 7) is 2.78. The zero-order valence-corrected chi connectivity index (χ0v) is 15.8. The van der Waals surface area contributed by atoms with Crippen LogP contribution in [0.4, 0.5) is 0 Å². The van der Waals surface area contributed by atoms with Crippen LogP contribution in [0.3, 0.4) is 0 Å². The molecule has 1 aliphatic heterocycles. The Balaban J connectivity index is 1.88. The Morgan fingerprint density at radius 3 is 2.46 bits per heavy atom. The number of hydrogen-bond donors (Lipinski definition) is 0. The van der Waals surface area contributed by atoms with Crippen molar-refractivity contribution in [2.24, 2.45) is 0 Å². The summed E-state index contributed by atoms with van der Waals surface area (Å²) < 4.78 is 16.3. The SMILES string of the molecule is CCOc1ccc(CN2C(=O)CSC2c2c(OC)cccc2OC)nn1. The van der Waals surface area contributed by atoms with E-state index >= 15 is 0 Å². The van der Waals surface area contributed by atoms with Gasteiger partial charge in [-0.3, -0.25) is 4.79 Å². The molecule has 2 aromatic rings. The number of carbonyl (C=O) groups is 1. The number of hydrogen-bond acceptors (Lipinski definition) is 7. The van der Waals surface area contributed by atoms with Gasteiger partial charge in [0.05, 0.1) is 44.4 Å². The van der Waals surface area contributed by atoms with E-state index in [1.807, 2.05) is 31.2 Å². The fourth-order valence-electron chi connectivity index (χ4n) is 2.82. The first-order valence-electron chi connectivity index (χ1n) is 8.25. The van der Waals surface area contributed by atoms with Crippen molar-refractivity contribution in [1.82, 2.24) is 15.1 Å². The number of rotatable bonds is 7. The van der Waals surface area contributed by atoms with Crippen LogP contribution in [0.2, 0.25) is 0 Å². The van der Waals surface area contributed by atoms with Gasteiger partial charge in [-0.05, 0) is 25.1 Å². The molecule has 3 rings (SSSR count). The number of benzene rings is 1. The lowest BCUT2D eigenvalue weighted by Gasteiger charge is -2.26. The summed E-state index contributed by atoms with van der Waals surface area (Å²) in [5.41, 5.74) is 1.55. The van der Waals surface area contributed by atoms with Crippen LogP contribution < -0.4 is 14.2 Å². The van der Waals surface area contributed by atoms with E-state index in [0.717, 1.165) is 5.56 Å². The van der Waals surface area contributed by atoms with Crippen LogP contribution in [0, 0.1) is 0 Å². The molecule has 138 valence electrons. The minimum atomic E-state index is -0.207. The zero-order chi connectivity index (χ0) is 18.5. The molecular formula is C18H21N3O4S. The van der Waals surface area contributed by atoms with E-state index in [1.165, 1.54) is 0 Å². The molecule has 0 radical (unpaired) electrons. The molecule has 1 aliphatic rings. The van der Waals surface area contributed by atoms with Gasteiger partial charge in [-0.1, -0.05) is 6.07 Å². The molecule has 1 aromatic heterocycles. The maximum atomic E-state index is 12.5. The van der Waals surface area contributed by atoms with Gasteiger partial charge in [0, 0.05) is 6.07 Å². The summed E-state index contributed by atoms with van der Waals surface area (Å²) in [4.78, 5) is 14.3. The Labute approximate surface area is 156 Å². The third-order valence-electron chi connectivity index (χ3n) is 4.00. The maximum Gasteiger partial charge on any atom is 0.234 e. The van der Waals surface area contributed by atoms with E-state index in [0.29, 0.717) is 42.0 Å². The monoisotopic (exact) mass is 375 g/mol. The minimum Gasteiger partial charge on any atom is -0.496 e. The lowest BCUT2D eigenvalue weighted by atomic mass is 10.1. The van der Waals surface area contributed by atoms with Gasteiger partial charge in [-0.25, -0.2) is 0 Å². The van der Waals surface area contributed by atoms with Gasteiger partial charge < -0.3 is 19.1 Å². The Bertz CT molecular complexity index is 747. The predicted octanol–water partition coefficient (Wildman–Crippen LogP) is 2.67. The quantitative estimate of drug-likeness (QED) is 0.736. The summed E-state index contributed by atoms with van der Waals surface area (Å²) in [6, 6.07) is 9.19. The standard InChI is InChI=1S/C18H21N3O4S/c1-4-25-15-9-8-12(19-20-15)10-21-16(22)11-26-18(21)17-13(23-2)6-5-7-14(17)24-3/h5-9,18H,4,10-11H2,1-3H3. The first-order chi connectivity index (χ1) is 12.7. The topological polar surface area (TPSA) is 73.8 Å². The molecule has 2 heterocycles. The first-order valence-corrected chi connectivity index (χ1v) is 9.30. The molecule has 1 fully saturated rings. The van der Waals surface area contributed by atoms with Gasteiger partial charge in [-0.15, -0.1) is 16.9 Å². The van der Waals surface area contributed by atoms with Gasteiger partial charge in [0.25, 0.3) is 0 Å².